The summed E-state index contributed by atoms with van der Waals surface area (Å²) in [6.45, 7) is 6.90. The van der Waals surface area contributed by atoms with Crippen LogP contribution >= 0.6 is 7.82 Å². The number of nitrogens with two attached hydrogens (primary N) is 3. The van der Waals surface area contributed by atoms with E-state index in [-0.39, 0.29) is 63.3 Å². The molecule has 3 aromatic rings. The first-order valence-electron chi connectivity index (χ1n) is 25.5. The molecule has 29 nitrogen and oxygen atoms in total. The average Bonchev–Trinajstić information content (AvgIpc) is 4.10. The predicted octanol–water partition coefficient (Wildman–Crippen LogP) is -2.24. The Morgan fingerprint density at radius 2 is 1.31 bits per heavy atom. The van der Waals surface area contributed by atoms with Gasteiger partial charge in [-0.2, -0.15) is 0 Å². The second-order valence-electron chi connectivity index (χ2n) is 19.4. The van der Waals surface area contributed by atoms with Crippen LogP contribution in [-0.4, -0.2) is 166 Å². The molecule has 0 bridgehead atoms. The number of carbonyl (C=O) groups is 9. The molecule has 4 rings (SSSR count). The van der Waals surface area contributed by atoms with Crippen molar-refractivity contribution in [2.45, 2.75) is 134 Å². The number of rotatable bonds is 29. The van der Waals surface area contributed by atoms with Crippen LogP contribution in [0.2, 0.25) is 0 Å². The van der Waals surface area contributed by atoms with E-state index in [0.29, 0.717) is 29.7 Å². The summed E-state index contributed by atoms with van der Waals surface area (Å²) in [6, 6.07) is 3.95. The molecular formula is C50H74N13O16P. The minimum atomic E-state index is -4.64. The van der Waals surface area contributed by atoms with E-state index < -0.39 is 128 Å². The molecule has 2 heterocycles. The number of nitrogens with zero attached hydrogens (tertiary/aromatic N) is 3. The summed E-state index contributed by atoms with van der Waals surface area (Å²) in [6.07, 6.45) is 2.92. The summed E-state index contributed by atoms with van der Waals surface area (Å²) in [4.78, 5) is 156. The fraction of sp³-hybridized carbons (Fsp3) is 0.500. The molecule has 1 aliphatic heterocycles. The highest BCUT2D eigenvalue weighted by atomic mass is 31.2. The number of guanidine groups is 1. The van der Waals surface area contributed by atoms with Gasteiger partial charge in [-0.3, -0.25) is 43.3 Å². The number of phosphoric acid groups is 1. The number of carboxylic acids is 2. The van der Waals surface area contributed by atoms with Crippen LogP contribution in [0.5, 0.6) is 5.75 Å². The van der Waals surface area contributed by atoms with Gasteiger partial charge in [-0.05, 0) is 60.8 Å². The van der Waals surface area contributed by atoms with Crippen LogP contribution in [0.4, 0.5) is 0 Å². The molecule has 0 spiro atoms. The Bertz CT molecular complexity index is 2630. The Labute approximate surface area is 460 Å². The van der Waals surface area contributed by atoms with E-state index in [1.54, 1.807) is 58.0 Å². The molecule has 1 fully saturated rings. The van der Waals surface area contributed by atoms with Gasteiger partial charge in [0, 0.05) is 44.2 Å². The number of likely N-dealkylation sites (tertiary alicyclic amines) is 1. The lowest BCUT2D eigenvalue weighted by Crippen LogP contribution is -2.62. The smallest absolute Gasteiger partial charge is 0.466 e. The first-order chi connectivity index (χ1) is 37.6. The number of hydrogen-bond acceptors (Lipinski definition) is 14. The molecule has 7 amide bonds. The van der Waals surface area contributed by atoms with Gasteiger partial charge in [-0.15, -0.1) is 0 Å². The number of aliphatic carboxylic acids is 2. The number of nitrogens with one attached hydrogen (secondary N) is 7. The number of carboxylic acid groups (broad SMARTS) is 2. The number of phenols is 1. The molecule has 0 aliphatic carbocycles. The first-order valence-corrected chi connectivity index (χ1v) is 27.1. The minimum absolute atomic E-state index is 0.00211. The van der Waals surface area contributed by atoms with Gasteiger partial charge in [0.25, 0.3) is 0 Å². The fourth-order valence-electron chi connectivity index (χ4n) is 8.31. The van der Waals surface area contributed by atoms with Crippen LogP contribution in [0.3, 0.4) is 0 Å². The van der Waals surface area contributed by atoms with Crippen molar-refractivity contribution in [2.75, 3.05) is 13.1 Å². The van der Waals surface area contributed by atoms with Crippen LogP contribution in [0.15, 0.2) is 72.1 Å². The topological polar surface area (TPSA) is 487 Å². The highest BCUT2D eigenvalue weighted by molar-refractivity contribution is 7.45. The van der Waals surface area contributed by atoms with Crippen LogP contribution in [0, 0.1) is 11.8 Å². The van der Waals surface area contributed by atoms with Gasteiger partial charge in [0.15, 0.2) is 5.96 Å². The third kappa shape index (κ3) is 23.2. The first kappa shape index (κ1) is 66.3. The zero-order valence-electron chi connectivity index (χ0n) is 44.7. The largest absolute Gasteiger partial charge is 0.508 e. The van der Waals surface area contributed by atoms with Crippen molar-refractivity contribution in [3.8, 4) is 5.75 Å². The quantitative estimate of drug-likeness (QED) is 0.0151. The monoisotopic (exact) mass is 1140 g/mol. The maximum atomic E-state index is 14.6. The van der Waals surface area contributed by atoms with Crippen molar-refractivity contribution >= 4 is 67.1 Å². The van der Waals surface area contributed by atoms with E-state index in [1.807, 2.05) is 0 Å². The Hall–Kier alpha value is -7.98. The zero-order valence-corrected chi connectivity index (χ0v) is 45.6. The van der Waals surface area contributed by atoms with Crippen molar-refractivity contribution < 1.29 is 77.7 Å². The number of hydrogen-bond donors (Lipinski definition) is 16. The van der Waals surface area contributed by atoms with E-state index in [4.69, 9.17) is 36.4 Å². The van der Waals surface area contributed by atoms with E-state index in [1.165, 1.54) is 41.7 Å². The van der Waals surface area contributed by atoms with Gasteiger partial charge in [0.2, 0.25) is 41.4 Å². The molecule has 440 valence electrons. The third-order valence-corrected chi connectivity index (χ3v) is 12.7. The molecule has 19 N–H and O–H groups in total. The molecular weight excluding hydrogens is 1070 g/mol. The maximum absolute atomic E-state index is 14.6. The molecule has 0 saturated carbocycles. The summed E-state index contributed by atoms with van der Waals surface area (Å²) in [5.74, 6) is -9.64. The molecule has 30 heteroatoms. The summed E-state index contributed by atoms with van der Waals surface area (Å²) in [5, 5.41) is 45.1. The van der Waals surface area contributed by atoms with Crippen LogP contribution in [-0.2, 0) is 67.0 Å². The Balaban J connectivity index is 0.00000321. The number of carbonyl (C=O) groups excluding carboxylic acids is 7. The van der Waals surface area contributed by atoms with Crippen LogP contribution < -0.4 is 49.1 Å². The number of imidazole rings is 1. The lowest BCUT2D eigenvalue weighted by atomic mass is 9.96. The van der Waals surface area contributed by atoms with Crippen molar-refractivity contribution in [2.24, 2.45) is 34.0 Å². The number of aromatic amines is 1. The van der Waals surface area contributed by atoms with Gasteiger partial charge < -0.3 is 89.0 Å². The third-order valence-electron chi connectivity index (χ3n) is 12.7. The van der Waals surface area contributed by atoms with E-state index >= 15 is 0 Å². The summed E-state index contributed by atoms with van der Waals surface area (Å²) in [5.41, 5.74) is 18.2. The normalized spacial score (nSPS) is 16.1. The number of phenolic OH excluding ortho intramolecular Hbond substituents is 1. The predicted molar refractivity (Wildman–Crippen MR) is 287 cm³/mol. The minimum Gasteiger partial charge on any atom is -0.508 e. The lowest BCUT2D eigenvalue weighted by Gasteiger charge is -2.32. The van der Waals surface area contributed by atoms with Crippen molar-refractivity contribution in [3.05, 3.63) is 83.9 Å². The fourth-order valence-corrected chi connectivity index (χ4v) is 8.31. The number of H-pyrrole nitrogens is 1. The summed E-state index contributed by atoms with van der Waals surface area (Å²) in [7, 11) is -4.64. The van der Waals surface area contributed by atoms with E-state index in [9.17, 15) is 58.5 Å². The van der Waals surface area contributed by atoms with Crippen molar-refractivity contribution in [1.29, 1.82) is 0 Å². The van der Waals surface area contributed by atoms with Gasteiger partial charge in [-0.25, -0.2) is 14.3 Å². The molecule has 1 aromatic heterocycles. The van der Waals surface area contributed by atoms with E-state index in [0.717, 1.165) is 0 Å². The molecule has 80 heavy (non-hydrogen) atoms. The second-order valence-corrected chi connectivity index (χ2v) is 20.4. The Morgan fingerprint density at radius 1 is 0.750 bits per heavy atom. The zero-order chi connectivity index (χ0) is 59.9. The summed E-state index contributed by atoms with van der Waals surface area (Å²) < 4.78 is 8.88. The summed E-state index contributed by atoms with van der Waals surface area (Å²) >= 11 is 0. The van der Waals surface area contributed by atoms with Gasteiger partial charge in [0.1, 0.15) is 48.0 Å². The molecule has 0 radical (unpaired) electrons. The van der Waals surface area contributed by atoms with Crippen molar-refractivity contribution in [1.82, 2.24) is 46.8 Å². The molecule has 0 unspecified atom stereocenters. The number of benzene rings is 2. The number of aromatic nitrogens is 2. The SMILES string of the molecule is CC[C@H](C)[C@H](NC(=O)[C@H](Cc1ccc(O)cc1)NC(=O)[C@@H](NC(=O)[C@H](CCCN=C(N)N)NC(=O)[C@@H](N)CC(=O)O)C(C)C)C(=O)N[C@@H](Cc1cnc[nH]1)C(=O)N1CCC[C@H]1C(=O)N[C@@H](Cc1ccccc1)C(=O)O.O=P(O)(O)O. The number of aromatic hydroxyl groups is 1. The molecule has 9 atom stereocenters. The van der Waals surface area contributed by atoms with Gasteiger partial charge in [0.05, 0.1) is 18.8 Å². The Kier molecular flexibility index (Phi) is 26.7. The van der Waals surface area contributed by atoms with Crippen LogP contribution in [0.1, 0.15) is 83.0 Å². The standard InChI is InChI=1S/C50H71N13O12.H3O4P/c1-5-28(4)41(47(72)59-36(23-31-25-54-26-56-31)48(73)63-20-10-14-38(63)45(70)60-37(49(74)75)22-29-11-7-6-8-12-29)62-44(69)35(21-30-15-17-32(64)18-16-30)58-46(71)40(27(2)3)61-43(68)34(13-9-19-55-50(52)53)57-42(67)33(51)24-39(65)66;1-5(2,3)4/h6-8,11-12,15-18,25-28,33-38,40-41,64H,5,9-10,13-14,19-24,51H2,1-4H3,(H,54,56)(H,57,67)(H,58,71)(H,59,72)(H,60,70)(H,61,68)(H,62,69)(H,65,66)(H,74,75)(H4,52,53,55);(H3,1,2,3,4)/t28-,33-,34-,35-,36-,37-,38-,40-,41-;/m0./s1. The average molecular weight is 1140 g/mol. The van der Waals surface area contributed by atoms with E-state index in [2.05, 4.69) is 46.9 Å². The highest BCUT2D eigenvalue weighted by Crippen LogP contribution is 2.26. The molecule has 1 aliphatic rings. The molecule has 1 saturated heterocycles. The second kappa shape index (κ2) is 32.2. The number of aliphatic imine (C=N–C) groups is 1. The Morgan fingerprint density at radius 3 is 1.88 bits per heavy atom. The maximum Gasteiger partial charge on any atom is 0.466 e. The van der Waals surface area contributed by atoms with Crippen LogP contribution in [0.25, 0.3) is 0 Å². The van der Waals surface area contributed by atoms with Crippen molar-refractivity contribution in [3.63, 3.8) is 0 Å². The van der Waals surface area contributed by atoms with Gasteiger partial charge >= 0.3 is 19.8 Å². The lowest BCUT2D eigenvalue weighted by molar-refractivity contribution is -0.145. The molecule has 2 aromatic carbocycles. The number of amides is 7. The highest BCUT2D eigenvalue weighted by Gasteiger charge is 2.41. The van der Waals surface area contributed by atoms with Gasteiger partial charge in [-0.1, -0.05) is 76.6 Å².